The first-order valence-corrected chi connectivity index (χ1v) is 11.2. The average Bonchev–Trinajstić information content (AvgIpc) is 3.18. The molecule has 0 aliphatic heterocycles. The Kier molecular flexibility index (Phi) is 3.68. The lowest BCUT2D eigenvalue weighted by molar-refractivity contribution is 0.877. The van der Waals surface area contributed by atoms with Crippen LogP contribution in [-0.4, -0.2) is 4.57 Å². The summed E-state index contributed by atoms with van der Waals surface area (Å²) in [7, 11) is 0. The van der Waals surface area contributed by atoms with Gasteiger partial charge >= 0.3 is 0 Å². The highest BCUT2D eigenvalue weighted by Gasteiger charge is 2.14. The Labute approximate surface area is 186 Å². The highest BCUT2D eigenvalue weighted by molar-refractivity contribution is 6.26. The molecule has 0 radical (unpaired) electrons. The molecule has 0 aliphatic carbocycles. The number of fused-ring (bicyclic) bond motifs is 9. The van der Waals surface area contributed by atoms with Crippen LogP contribution in [0.3, 0.4) is 0 Å². The molecule has 1 heteroatoms. The van der Waals surface area contributed by atoms with Gasteiger partial charge < -0.3 is 4.57 Å². The number of rotatable bonds is 2. The molecule has 0 spiro atoms. The summed E-state index contributed by atoms with van der Waals surface area (Å²) in [5.74, 6) is 0. The fourth-order valence-corrected chi connectivity index (χ4v) is 5.51. The zero-order chi connectivity index (χ0) is 21.1. The zero-order valence-electron chi connectivity index (χ0n) is 17.6. The van der Waals surface area contributed by atoms with Gasteiger partial charge in [-0.2, -0.15) is 0 Å². The van der Waals surface area contributed by atoms with Gasteiger partial charge in [0.05, 0.1) is 0 Å². The van der Waals surface area contributed by atoms with Crippen molar-refractivity contribution < 1.29 is 0 Å². The maximum Gasteiger partial charge on any atom is 0.0494 e. The Hall–Kier alpha value is -4.10. The first-order chi connectivity index (χ1) is 15.9. The van der Waals surface area contributed by atoms with Crippen molar-refractivity contribution in [1.29, 1.82) is 0 Å². The molecule has 0 unspecified atom stereocenters. The van der Waals surface area contributed by atoms with E-state index in [1.54, 1.807) is 0 Å². The van der Waals surface area contributed by atoms with Crippen molar-refractivity contribution in [3.8, 4) is 0 Å². The standard InChI is InChI=1S/C31H21N/c1-2-12-24-22(11-1)23-13-3-4-16-27(23)31-21(10-9-17-28(24)31)20-32-29-18-7-5-14-25(29)26-15-6-8-19-30(26)32/h1-19H,20H2. The number of benzene rings is 6. The number of aromatic nitrogens is 1. The normalized spacial score (nSPS) is 11.9. The molecule has 0 atom stereocenters. The largest absolute Gasteiger partial charge is 0.336 e. The van der Waals surface area contributed by atoms with E-state index in [2.05, 4.69) is 120 Å². The fourth-order valence-electron chi connectivity index (χ4n) is 5.51. The monoisotopic (exact) mass is 407 g/mol. The summed E-state index contributed by atoms with van der Waals surface area (Å²) in [5, 5.41) is 10.6. The van der Waals surface area contributed by atoms with E-state index in [4.69, 9.17) is 0 Å². The zero-order valence-corrected chi connectivity index (χ0v) is 17.6. The van der Waals surface area contributed by atoms with E-state index in [1.165, 1.54) is 59.7 Å². The van der Waals surface area contributed by atoms with Crippen LogP contribution in [0.5, 0.6) is 0 Å². The molecular weight excluding hydrogens is 386 g/mol. The minimum absolute atomic E-state index is 0.841. The van der Waals surface area contributed by atoms with Gasteiger partial charge in [0.15, 0.2) is 0 Å². The van der Waals surface area contributed by atoms with Gasteiger partial charge in [0.25, 0.3) is 0 Å². The van der Waals surface area contributed by atoms with Crippen molar-refractivity contribution in [1.82, 2.24) is 4.57 Å². The lowest BCUT2D eigenvalue weighted by Gasteiger charge is -2.15. The summed E-state index contributed by atoms with van der Waals surface area (Å²) >= 11 is 0. The van der Waals surface area contributed by atoms with Crippen LogP contribution in [0.2, 0.25) is 0 Å². The van der Waals surface area contributed by atoms with E-state index >= 15 is 0 Å². The maximum atomic E-state index is 2.48. The van der Waals surface area contributed by atoms with Crippen molar-refractivity contribution >= 4 is 54.1 Å². The van der Waals surface area contributed by atoms with Gasteiger partial charge in [-0.05, 0) is 50.0 Å². The van der Waals surface area contributed by atoms with Crippen LogP contribution in [-0.2, 0) is 6.54 Å². The third-order valence-corrected chi connectivity index (χ3v) is 6.86. The van der Waals surface area contributed by atoms with Crippen LogP contribution in [0.25, 0.3) is 54.1 Å². The minimum Gasteiger partial charge on any atom is -0.336 e. The third kappa shape index (κ3) is 2.39. The number of para-hydroxylation sites is 2. The smallest absolute Gasteiger partial charge is 0.0494 e. The van der Waals surface area contributed by atoms with Crippen LogP contribution in [0.15, 0.2) is 115 Å². The molecule has 1 nitrogen and oxygen atoms in total. The van der Waals surface area contributed by atoms with Gasteiger partial charge in [-0.3, -0.25) is 0 Å². The van der Waals surface area contributed by atoms with E-state index in [1.807, 2.05) is 0 Å². The summed E-state index contributed by atoms with van der Waals surface area (Å²) in [5.41, 5.74) is 3.93. The van der Waals surface area contributed by atoms with Gasteiger partial charge in [0.2, 0.25) is 0 Å². The Bertz CT molecular complexity index is 1700. The Balaban J connectivity index is 1.59. The SMILES string of the molecule is c1ccc2c(c1)c1ccccc1c1c(Cn3c4ccccc4c4ccccc43)cccc21. The van der Waals surface area contributed by atoms with E-state index in [9.17, 15) is 0 Å². The molecule has 0 bridgehead atoms. The quantitative estimate of drug-likeness (QED) is 0.254. The number of hydrogen-bond donors (Lipinski definition) is 0. The highest BCUT2D eigenvalue weighted by atomic mass is 15.0. The second-order valence-corrected chi connectivity index (χ2v) is 8.55. The maximum absolute atomic E-state index is 2.48. The van der Waals surface area contributed by atoms with Crippen LogP contribution in [0, 0.1) is 0 Å². The molecule has 32 heavy (non-hydrogen) atoms. The van der Waals surface area contributed by atoms with E-state index in [0.29, 0.717) is 0 Å². The molecule has 0 N–H and O–H groups in total. The molecule has 0 saturated carbocycles. The van der Waals surface area contributed by atoms with Crippen LogP contribution in [0.4, 0.5) is 0 Å². The molecule has 7 rings (SSSR count). The predicted molar refractivity (Wildman–Crippen MR) is 138 cm³/mol. The van der Waals surface area contributed by atoms with Crippen LogP contribution in [0.1, 0.15) is 5.56 Å². The summed E-state index contributed by atoms with van der Waals surface area (Å²) in [6.07, 6.45) is 0. The first-order valence-electron chi connectivity index (χ1n) is 11.2. The lowest BCUT2D eigenvalue weighted by Crippen LogP contribution is -2.00. The van der Waals surface area contributed by atoms with E-state index in [0.717, 1.165) is 6.54 Å². The minimum atomic E-state index is 0.841. The molecule has 150 valence electrons. The fraction of sp³-hybridized carbons (Fsp3) is 0.0323. The summed E-state index contributed by atoms with van der Waals surface area (Å²) in [6.45, 7) is 0.841. The van der Waals surface area contributed by atoms with Gasteiger partial charge in [0.1, 0.15) is 0 Å². The predicted octanol–water partition coefficient (Wildman–Crippen LogP) is 8.30. The van der Waals surface area contributed by atoms with Crippen LogP contribution < -0.4 is 0 Å². The Morgan fingerprint density at radius 2 is 0.781 bits per heavy atom. The average molecular weight is 408 g/mol. The van der Waals surface area contributed by atoms with Crippen molar-refractivity contribution in [3.05, 3.63) is 121 Å². The summed E-state index contributed by atoms with van der Waals surface area (Å²) < 4.78 is 2.48. The molecule has 0 aliphatic rings. The molecule has 1 heterocycles. The summed E-state index contributed by atoms with van der Waals surface area (Å²) in [4.78, 5) is 0. The van der Waals surface area contributed by atoms with Crippen LogP contribution >= 0.6 is 0 Å². The van der Waals surface area contributed by atoms with Crippen molar-refractivity contribution in [2.24, 2.45) is 0 Å². The second-order valence-electron chi connectivity index (χ2n) is 8.55. The Morgan fingerprint density at radius 3 is 1.34 bits per heavy atom. The van der Waals surface area contributed by atoms with Crippen molar-refractivity contribution in [3.63, 3.8) is 0 Å². The highest BCUT2D eigenvalue weighted by Crippen LogP contribution is 2.38. The molecule has 6 aromatic carbocycles. The van der Waals surface area contributed by atoms with Crippen molar-refractivity contribution in [2.75, 3.05) is 0 Å². The first kappa shape index (κ1) is 17.6. The molecular formula is C31H21N. The number of hydrogen-bond acceptors (Lipinski definition) is 0. The molecule has 0 amide bonds. The van der Waals surface area contributed by atoms with E-state index < -0.39 is 0 Å². The summed E-state index contributed by atoms with van der Waals surface area (Å²) in [6, 6.07) is 41.9. The van der Waals surface area contributed by atoms with Gasteiger partial charge in [-0.15, -0.1) is 0 Å². The van der Waals surface area contributed by atoms with E-state index in [-0.39, 0.29) is 0 Å². The van der Waals surface area contributed by atoms with Gasteiger partial charge in [0, 0.05) is 28.4 Å². The lowest BCUT2D eigenvalue weighted by atomic mass is 9.91. The second kappa shape index (κ2) is 6.70. The molecule has 1 aromatic heterocycles. The molecule has 7 aromatic rings. The molecule has 0 fully saturated rings. The Morgan fingerprint density at radius 1 is 0.375 bits per heavy atom. The van der Waals surface area contributed by atoms with Crippen molar-refractivity contribution in [2.45, 2.75) is 6.54 Å². The topological polar surface area (TPSA) is 4.93 Å². The third-order valence-electron chi connectivity index (χ3n) is 6.86. The van der Waals surface area contributed by atoms with Gasteiger partial charge in [-0.25, -0.2) is 0 Å². The van der Waals surface area contributed by atoms with Gasteiger partial charge in [-0.1, -0.05) is 103 Å². The molecule has 0 saturated heterocycles. The number of nitrogens with zero attached hydrogens (tertiary/aromatic N) is 1.